The van der Waals surface area contributed by atoms with Crippen molar-refractivity contribution in [3.63, 3.8) is 0 Å². The molecule has 8 heteroatoms. The highest BCUT2D eigenvalue weighted by atomic mass is 16.5. The van der Waals surface area contributed by atoms with Gasteiger partial charge in [0.15, 0.2) is 5.76 Å². The number of nitrogens with zero attached hydrogens (tertiary/aromatic N) is 3. The van der Waals surface area contributed by atoms with E-state index in [1.165, 1.54) is 11.2 Å². The fourth-order valence-corrected chi connectivity index (χ4v) is 4.80. The summed E-state index contributed by atoms with van der Waals surface area (Å²) in [6.07, 6.45) is 6.39. The van der Waals surface area contributed by atoms with Gasteiger partial charge in [0.05, 0.1) is 36.7 Å². The predicted molar refractivity (Wildman–Crippen MR) is 138 cm³/mol. The molecule has 1 unspecified atom stereocenters. The Kier molecular flexibility index (Phi) is 6.81. The lowest BCUT2D eigenvalue weighted by Crippen LogP contribution is -2.29. The third kappa shape index (κ3) is 4.62. The lowest BCUT2D eigenvalue weighted by Gasteiger charge is -2.25. The average molecular weight is 500 g/mol. The van der Waals surface area contributed by atoms with Crippen LogP contribution in [0, 0.1) is 6.92 Å². The van der Waals surface area contributed by atoms with Crippen molar-refractivity contribution in [1.29, 1.82) is 0 Å². The van der Waals surface area contributed by atoms with Crippen LogP contribution in [0.25, 0.3) is 11.4 Å². The molecule has 1 aliphatic rings. The highest BCUT2D eigenvalue weighted by Crippen LogP contribution is 2.41. The second kappa shape index (κ2) is 10.3. The van der Waals surface area contributed by atoms with Crippen LogP contribution in [0.4, 0.5) is 0 Å². The molecule has 1 amide bonds. The standard InChI is InChI=1S/C29H29N3O5/c1-3-4-7-15-36-21-11-8-10-20(17-21)26-24(28(34)29(35)32(26)18-22-12-9-16-37-22)27(33)25-19(2)30-23-13-5-6-14-31(23)25/h5-6,8-14,16-17,26,33H,3-4,7,15,18H2,1-2H3. The number of hydrogen-bond donors (Lipinski definition) is 1. The molecule has 0 radical (unpaired) electrons. The number of ketones is 1. The van der Waals surface area contributed by atoms with Crippen molar-refractivity contribution in [3.8, 4) is 5.75 Å². The zero-order valence-electron chi connectivity index (χ0n) is 20.9. The van der Waals surface area contributed by atoms with Gasteiger partial charge in [-0.25, -0.2) is 4.98 Å². The van der Waals surface area contributed by atoms with Crippen LogP contribution >= 0.6 is 0 Å². The maximum Gasteiger partial charge on any atom is 0.296 e. The summed E-state index contributed by atoms with van der Waals surface area (Å²) in [7, 11) is 0. The minimum Gasteiger partial charge on any atom is -0.505 e. The number of aromatic nitrogens is 2. The van der Waals surface area contributed by atoms with Crippen molar-refractivity contribution in [1.82, 2.24) is 14.3 Å². The first-order valence-corrected chi connectivity index (χ1v) is 12.5. The van der Waals surface area contributed by atoms with Gasteiger partial charge < -0.3 is 19.2 Å². The fourth-order valence-electron chi connectivity index (χ4n) is 4.80. The molecule has 4 heterocycles. The molecule has 3 aromatic heterocycles. The summed E-state index contributed by atoms with van der Waals surface area (Å²) in [5, 5.41) is 11.6. The third-order valence-electron chi connectivity index (χ3n) is 6.57. The van der Waals surface area contributed by atoms with Gasteiger partial charge in [0.25, 0.3) is 11.7 Å². The molecular formula is C29H29N3O5. The molecule has 1 aliphatic heterocycles. The number of aliphatic hydroxyl groups excluding tert-OH is 1. The van der Waals surface area contributed by atoms with Gasteiger partial charge in [0.2, 0.25) is 0 Å². The van der Waals surface area contributed by atoms with Crippen molar-refractivity contribution in [2.45, 2.75) is 45.7 Å². The topological polar surface area (TPSA) is 97.3 Å². The fraction of sp³-hybridized carbons (Fsp3) is 0.276. The number of imidazole rings is 1. The van der Waals surface area contributed by atoms with E-state index in [0.717, 1.165) is 19.3 Å². The average Bonchev–Trinajstić information content (AvgIpc) is 3.60. The van der Waals surface area contributed by atoms with Crippen LogP contribution in [-0.4, -0.2) is 37.7 Å². The van der Waals surface area contributed by atoms with Crippen molar-refractivity contribution >= 4 is 23.1 Å². The van der Waals surface area contributed by atoms with Gasteiger partial charge in [-0.1, -0.05) is 38.0 Å². The molecule has 1 aromatic carbocycles. The van der Waals surface area contributed by atoms with Gasteiger partial charge in [0, 0.05) is 6.20 Å². The van der Waals surface area contributed by atoms with E-state index in [2.05, 4.69) is 11.9 Å². The highest BCUT2D eigenvalue weighted by molar-refractivity contribution is 6.46. The van der Waals surface area contributed by atoms with E-state index >= 15 is 0 Å². The van der Waals surface area contributed by atoms with Crippen LogP contribution in [0.5, 0.6) is 5.75 Å². The van der Waals surface area contributed by atoms with Crippen LogP contribution in [0.1, 0.15) is 54.9 Å². The highest BCUT2D eigenvalue weighted by Gasteiger charge is 2.47. The van der Waals surface area contributed by atoms with Crippen LogP contribution in [-0.2, 0) is 16.1 Å². The van der Waals surface area contributed by atoms with Gasteiger partial charge in [0.1, 0.15) is 22.9 Å². The molecule has 5 rings (SSSR count). The summed E-state index contributed by atoms with van der Waals surface area (Å²) < 4.78 is 13.2. The molecule has 1 atom stereocenters. The number of aliphatic hydroxyl groups is 1. The summed E-state index contributed by atoms with van der Waals surface area (Å²) >= 11 is 0. The molecule has 0 saturated carbocycles. The first-order chi connectivity index (χ1) is 18.0. The van der Waals surface area contributed by atoms with Crippen LogP contribution < -0.4 is 4.74 Å². The van der Waals surface area contributed by atoms with E-state index in [9.17, 15) is 14.7 Å². The lowest BCUT2D eigenvalue weighted by molar-refractivity contribution is -0.140. The quantitative estimate of drug-likeness (QED) is 0.143. The van der Waals surface area contributed by atoms with E-state index in [1.54, 1.807) is 29.7 Å². The Morgan fingerprint density at radius 2 is 1.97 bits per heavy atom. The second-order valence-corrected chi connectivity index (χ2v) is 9.11. The Bertz CT molecular complexity index is 1470. The SMILES string of the molecule is CCCCCOc1cccc(C2C(=C(O)c3c(C)nc4ccccn34)C(=O)C(=O)N2Cc2ccco2)c1. The number of carbonyl (C=O) groups is 2. The zero-order valence-corrected chi connectivity index (χ0v) is 20.9. The van der Waals surface area contributed by atoms with Gasteiger partial charge in [-0.05, 0) is 55.3 Å². The van der Waals surface area contributed by atoms with Gasteiger partial charge in [-0.3, -0.25) is 14.0 Å². The molecule has 4 aromatic rings. The summed E-state index contributed by atoms with van der Waals surface area (Å²) in [5.41, 5.74) is 2.22. The largest absolute Gasteiger partial charge is 0.505 e. The molecule has 0 aliphatic carbocycles. The van der Waals surface area contributed by atoms with E-state index in [1.807, 2.05) is 42.5 Å². The Morgan fingerprint density at radius 1 is 1.11 bits per heavy atom. The number of pyridine rings is 1. The van der Waals surface area contributed by atoms with Crippen LogP contribution in [0.2, 0.25) is 0 Å². The summed E-state index contributed by atoms with van der Waals surface area (Å²) in [6.45, 7) is 4.55. The number of aryl methyl sites for hydroxylation is 1. The smallest absolute Gasteiger partial charge is 0.296 e. The Balaban J connectivity index is 1.62. The van der Waals surface area contributed by atoms with E-state index < -0.39 is 17.7 Å². The van der Waals surface area contributed by atoms with Gasteiger partial charge in [-0.15, -0.1) is 0 Å². The lowest BCUT2D eigenvalue weighted by atomic mass is 9.96. The number of amides is 1. The summed E-state index contributed by atoms with van der Waals surface area (Å²) in [4.78, 5) is 32.7. The number of hydrogen-bond acceptors (Lipinski definition) is 6. The van der Waals surface area contributed by atoms with Crippen molar-refractivity contribution in [2.75, 3.05) is 6.61 Å². The molecule has 0 spiro atoms. The van der Waals surface area contributed by atoms with Crippen LogP contribution in [0.3, 0.4) is 0 Å². The van der Waals surface area contributed by atoms with Gasteiger partial charge >= 0.3 is 0 Å². The maximum atomic E-state index is 13.4. The molecular weight excluding hydrogens is 470 g/mol. The van der Waals surface area contributed by atoms with E-state index in [4.69, 9.17) is 9.15 Å². The first-order valence-electron chi connectivity index (χ1n) is 12.5. The molecule has 1 fully saturated rings. The normalized spacial score (nSPS) is 17.1. The molecule has 37 heavy (non-hydrogen) atoms. The number of fused-ring (bicyclic) bond motifs is 1. The minimum absolute atomic E-state index is 0.00782. The third-order valence-corrected chi connectivity index (χ3v) is 6.57. The van der Waals surface area contributed by atoms with Crippen LogP contribution in [0.15, 0.2) is 77.0 Å². The second-order valence-electron chi connectivity index (χ2n) is 9.11. The predicted octanol–water partition coefficient (Wildman–Crippen LogP) is 5.43. The number of unbranched alkanes of at least 4 members (excludes halogenated alkanes) is 2. The number of rotatable bonds is 9. The van der Waals surface area contributed by atoms with E-state index in [-0.39, 0.29) is 17.9 Å². The Hall–Kier alpha value is -4.33. The number of Topliss-reactive ketones (excluding diaryl/α,β-unsaturated/α-hetero) is 1. The van der Waals surface area contributed by atoms with E-state index in [0.29, 0.717) is 40.7 Å². The first kappa shape index (κ1) is 24.4. The molecule has 0 bridgehead atoms. The summed E-state index contributed by atoms with van der Waals surface area (Å²) in [6, 6.07) is 15.5. The van der Waals surface area contributed by atoms with Crippen molar-refractivity contribution in [3.05, 3.63) is 95.3 Å². The summed E-state index contributed by atoms with van der Waals surface area (Å²) in [5.74, 6) is -0.555. The number of likely N-dealkylation sites (tertiary alicyclic amines) is 1. The van der Waals surface area contributed by atoms with Crippen molar-refractivity contribution < 1.29 is 23.8 Å². The van der Waals surface area contributed by atoms with Gasteiger partial charge in [-0.2, -0.15) is 0 Å². The minimum atomic E-state index is -0.835. The Labute approximate surface area is 214 Å². The maximum absolute atomic E-state index is 13.4. The Morgan fingerprint density at radius 3 is 2.76 bits per heavy atom. The number of ether oxygens (including phenoxy) is 1. The number of carbonyl (C=O) groups excluding carboxylic acids is 2. The molecule has 190 valence electrons. The molecule has 8 nitrogen and oxygen atoms in total. The number of furan rings is 1. The molecule has 1 saturated heterocycles. The monoisotopic (exact) mass is 499 g/mol. The number of benzene rings is 1. The zero-order chi connectivity index (χ0) is 25.9. The molecule has 1 N–H and O–H groups in total. The van der Waals surface area contributed by atoms with Crippen molar-refractivity contribution in [2.24, 2.45) is 0 Å².